The maximum Gasteiger partial charge on any atom is 0.255 e. The van der Waals surface area contributed by atoms with E-state index in [0.29, 0.717) is 6.54 Å². The lowest BCUT2D eigenvalue weighted by atomic mass is 10.1. The van der Waals surface area contributed by atoms with Crippen LogP contribution in [0.3, 0.4) is 0 Å². The Morgan fingerprint density at radius 1 is 1.19 bits per heavy atom. The van der Waals surface area contributed by atoms with E-state index in [2.05, 4.69) is 9.88 Å². The molecule has 136 valence electrons. The van der Waals surface area contributed by atoms with Crippen molar-refractivity contribution < 1.29 is 9.53 Å². The highest BCUT2D eigenvalue weighted by Gasteiger charge is 2.29. The molecule has 2 aliphatic rings. The number of fused-ring (bicyclic) bond motifs is 1. The van der Waals surface area contributed by atoms with Gasteiger partial charge in [0.25, 0.3) is 5.91 Å². The van der Waals surface area contributed by atoms with Crippen molar-refractivity contribution in [1.82, 2.24) is 14.9 Å². The van der Waals surface area contributed by atoms with Crippen molar-refractivity contribution in [2.24, 2.45) is 0 Å². The fraction of sp³-hybridized carbons (Fsp3) is 0.450. The number of carbonyl (C=O) groups is 1. The van der Waals surface area contributed by atoms with E-state index in [1.165, 1.54) is 0 Å². The number of nitrogens with zero attached hydrogens (tertiary/aromatic N) is 4. The average Bonchev–Trinajstić information content (AvgIpc) is 2.91. The molecule has 1 saturated heterocycles. The zero-order valence-electron chi connectivity index (χ0n) is 15.5. The molecule has 4 heterocycles. The molecule has 0 radical (unpaired) electrons. The molecule has 26 heavy (non-hydrogen) atoms. The first kappa shape index (κ1) is 16.8. The number of piperidine rings is 1. The van der Waals surface area contributed by atoms with Crippen LogP contribution in [0.25, 0.3) is 0 Å². The Labute approximate surface area is 153 Å². The summed E-state index contributed by atoms with van der Waals surface area (Å²) in [6, 6.07) is 5.94. The first-order chi connectivity index (χ1) is 12.5. The van der Waals surface area contributed by atoms with E-state index in [1.807, 2.05) is 39.1 Å². The summed E-state index contributed by atoms with van der Waals surface area (Å²) in [4.78, 5) is 25.3. The predicted molar refractivity (Wildman–Crippen MR) is 99.6 cm³/mol. The van der Waals surface area contributed by atoms with Gasteiger partial charge in [0.2, 0.25) is 0 Å². The second-order valence-electron chi connectivity index (χ2n) is 7.22. The maximum atomic E-state index is 12.1. The van der Waals surface area contributed by atoms with Crippen molar-refractivity contribution >= 4 is 11.7 Å². The van der Waals surface area contributed by atoms with Gasteiger partial charge in [0.1, 0.15) is 17.7 Å². The van der Waals surface area contributed by atoms with Gasteiger partial charge in [-0.05, 0) is 37.6 Å². The fourth-order valence-electron chi connectivity index (χ4n) is 3.67. The zero-order chi connectivity index (χ0) is 18.3. The molecule has 0 unspecified atom stereocenters. The molecular weight excluding hydrogens is 328 g/mol. The Hall–Kier alpha value is -2.63. The van der Waals surface area contributed by atoms with Gasteiger partial charge in [-0.3, -0.25) is 9.78 Å². The number of aryl methyl sites for hydroxylation is 2. The molecule has 2 aliphatic heterocycles. The molecule has 0 bridgehead atoms. The van der Waals surface area contributed by atoms with E-state index in [4.69, 9.17) is 9.72 Å². The highest BCUT2D eigenvalue weighted by molar-refractivity contribution is 5.98. The molecule has 0 saturated carbocycles. The van der Waals surface area contributed by atoms with Crippen molar-refractivity contribution in [3.05, 3.63) is 46.9 Å². The van der Waals surface area contributed by atoms with E-state index in [9.17, 15) is 4.79 Å². The number of hydrogen-bond donors (Lipinski definition) is 0. The third-order valence-electron chi connectivity index (χ3n) is 5.16. The van der Waals surface area contributed by atoms with E-state index in [1.54, 1.807) is 11.1 Å². The van der Waals surface area contributed by atoms with Crippen LogP contribution in [-0.4, -0.2) is 47.0 Å². The van der Waals surface area contributed by atoms with Gasteiger partial charge in [-0.2, -0.15) is 0 Å². The molecule has 4 rings (SSSR count). The summed E-state index contributed by atoms with van der Waals surface area (Å²) in [5, 5.41) is 0. The molecule has 6 heteroatoms. The van der Waals surface area contributed by atoms with Crippen LogP contribution in [0, 0.1) is 13.8 Å². The number of rotatable bonds is 3. The van der Waals surface area contributed by atoms with Crippen LogP contribution in [0.4, 0.5) is 5.82 Å². The predicted octanol–water partition coefficient (Wildman–Crippen LogP) is 2.73. The van der Waals surface area contributed by atoms with E-state index in [0.717, 1.165) is 60.0 Å². The summed E-state index contributed by atoms with van der Waals surface area (Å²) >= 11 is 0. The second-order valence-corrected chi connectivity index (χ2v) is 7.22. The van der Waals surface area contributed by atoms with Crippen LogP contribution in [0.15, 0.2) is 24.4 Å². The SMILES string of the molecule is Cc1ccc(OC2CCN(c3nc4c(cc3C)C(=O)N(C)C4)CC2)cn1. The number of amides is 1. The largest absolute Gasteiger partial charge is 0.489 e. The molecule has 2 aromatic rings. The average molecular weight is 352 g/mol. The van der Waals surface area contributed by atoms with Crippen molar-refractivity contribution in [3.63, 3.8) is 0 Å². The summed E-state index contributed by atoms with van der Waals surface area (Å²) in [7, 11) is 1.82. The molecule has 0 N–H and O–H groups in total. The smallest absolute Gasteiger partial charge is 0.255 e. The minimum Gasteiger partial charge on any atom is -0.489 e. The van der Waals surface area contributed by atoms with Gasteiger partial charge in [0.15, 0.2) is 0 Å². The third kappa shape index (κ3) is 3.11. The normalized spacial score (nSPS) is 17.6. The van der Waals surface area contributed by atoms with Crippen molar-refractivity contribution in [2.75, 3.05) is 25.0 Å². The lowest BCUT2D eigenvalue weighted by Crippen LogP contribution is -2.39. The number of carbonyl (C=O) groups excluding carboxylic acids is 1. The van der Waals surface area contributed by atoms with Crippen LogP contribution in [-0.2, 0) is 6.54 Å². The van der Waals surface area contributed by atoms with Gasteiger partial charge < -0.3 is 14.5 Å². The standard InChI is InChI=1S/C20H24N4O2/c1-13-10-17-18(12-23(3)20(17)25)22-19(13)24-8-6-15(7-9-24)26-16-5-4-14(2)21-11-16/h4-5,10-11,15H,6-9,12H2,1-3H3. The van der Waals surface area contributed by atoms with Gasteiger partial charge in [0, 0.05) is 38.7 Å². The highest BCUT2D eigenvalue weighted by Crippen LogP contribution is 2.29. The van der Waals surface area contributed by atoms with Crippen LogP contribution in [0.2, 0.25) is 0 Å². The van der Waals surface area contributed by atoms with Crippen LogP contribution in [0.5, 0.6) is 5.75 Å². The van der Waals surface area contributed by atoms with E-state index < -0.39 is 0 Å². The topological polar surface area (TPSA) is 58.6 Å². The monoisotopic (exact) mass is 352 g/mol. The number of aromatic nitrogens is 2. The van der Waals surface area contributed by atoms with E-state index >= 15 is 0 Å². The molecule has 1 fully saturated rings. The molecule has 6 nitrogen and oxygen atoms in total. The Balaban J connectivity index is 1.43. The Morgan fingerprint density at radius 3 is 2.65 bits per heavy atom. The third-order valence-corrected chi connectivity index (χ3v) is 5.16. The Kier molecular flexibility index (Phi) is 4.26. The maximum absolute atomic E-state index is 12.1. The Morgan fingerprint density at radius 2 is 1.96 bits per heavy atom. The van der Waals surface area contributed by atoms with Crippen LogP contribution in [0.1, 0.15) is 40.2 Å². The molecule has 0 spiro atoms. The summed E-state index contributed by atoms with van der Waals surface area (Å²) in [6.45, 7) is 6.41. The van der Waals surface area contributed by atoms with Gasteiger partial charge >= 0.3 is 0 Å². The molecular formula is C20H24N4O2. The van der Waals surface area contributed by atoms with Crippen LogP contribution < -0.4 is 9.64 Å². The molecule has 0 atom stereocenters. The molecule has 0 aliphatic carbocycles. The summed E-state index contributed by atoms with van der Waals surface area (Å²) in [5.41, 5.74) is 3.70. The minimum absolute atomic E-state index is 0.0703. The van der Waals surface area contributed by atoms with Crippen molar-refractivity contribution in [3.8, 4) is 5.75 Å². The van der Waals surface area contributed by atoms with Gasteiger partial charge in [-0.25, -0.2) is 4.98 Å². The van der Waals surface area contributed by atoms with Crippen molar-refractivity contribution in [2.45, 2.75) is 39.3 Å². The zero-order valence-corrected chi connectivity index (χ0v) is 15.5. The number of hydrogen-bond acceptors (Lipinski definition) is 5. The molecule has 2 aromatic heterocycles. The van der Waals surface area contributed by atoms with Gasteiger partial charge in [0.05, 0.1) is 24.0 Å². The Bertz CT molecular complexity index is 826. The van der Waals surface area contributed by atoms with Gasteiger partial charge in [-0.1, -0.05) is 0 Å². The van der Waals surface area contributed by atoms with Crippen molar-refractivity contribution in [1.29, 1.82) is 0 Å². The minimum atomic E-state index is 0.0703. The summed E-state index contributed by atoms with van der Waals surface area (Å²) < 4.78 is 6.07. The first-order valence-corrected chi connectivity index (χ1v) is 9.11. The molecule has 1 amide bonds. The second kappa shape index (κ2) is 6.59. The first-order valence-electron chi connectivity index (χ1n) is 9.11. The summed E-state index contributed by atoms with van der Waals surface area (Å²) in [6.07, 6.45) is 3.90. The number of ether oxygens (including phenoxy) is 1. The summed E-state index contributed by atoms with van der Waals surface area (Å²) in [5.74, 6) is 1.91. The van der Waals surface area contributed by atoms with Crippen LogP contribution >= 0.6 is 0 Å². The lowest BCUT2D eigenvalue weighted by molar-refractivity contribution is 0.0816. The fourth-order valence-corrected chi connectivity index (χ4v) is 3.67. The highest BCUT2D eigenvalue weighted by atomic mass is 16.5. The molecule has 0 aromatic carbocycles. The number of pyridine rings is 2. The van der Waals surface area contributed by atoms with Gasteiger partial charge in [-0.15, -0.1) is 0 Å². The van der Waals surface area contributed by atoms with E-state index in [-0.39, 0.29) is 12.0 Å². The number of anilines is 1. The lowest BCUT2D eigenvalue weighted by Gasteiger charge is -2.33. The quantitative estimate of drug-likeness (QED) is 0.850.